The molecule has 0 aliphatic carbocycles. The number of anilines is 1. The number of halogens is 1. The molecule has 0 bridgehead atoms. The molecule has 0 unspecified atom stereocenters. The fourth-order valence-electron chi connectivity index (χ4n) is 2.13. The Morgan fingerprint density at radius 2 is 1.95 bits per heavy atom. The zero-order valence-corrected chi connectivity index (χ0v) is 12.5. The number of hydrogen-bond donors (Lipinski definition) is 2. The normalized spacial score (nSPS) is 10.6. The zero-order chi connectivity index (χ0) is 15.4. The molecule has 112 valence electrons. The Labute approximate surface area is 132 Å². The molecule has 2 aromatic carbocycles. The molecule has 1 aromatic heterocycles. The van der Waals surface area contributed by atoms with Crippen molar-refractivity contribution in [1.82, 2.24) is 14.8 Å². The second-order valence-electron chi connectivity index (χ2n) is 4.88. The molecule has 5 nitrogen and oxygen atoms in total. The van der Waals surface area contributed by atoms with Gasteiger partial charge in [-0.15, -0.1) is 0 Å². The van der Waals surface area contributed by atoms with Gasteiger partial charge in [-0.1, -0.05) is 48.0 Å². The number of aromatic nitrogens is 3. The maximum absolute atomic E-state index is 11.9. The average Bonchev–Trinajstić information content (AvgIpc) is 2.87. The van der Waals surface area contributed by atoms with Gasteiger partial charge in [-0.25, -0.2) is 9.48 Å². The first-order chi connectivity index (χ1) is 10.7. The van der Waals surface area contributed by atoms with Gasteiger partial charge in [0.25, 0.3) is 0 Å². The van der Waals surface area contributed by atoms with Crippen molar-refractivity contribution in [3.05, 3.63) is 81.5 Å². The van der Waals surface area contributed by atoms with Crippen LogP contribution < -0.4 is 11.0 Å². The van der Waals surface area contributed by atoms with E-state index in [0.29, 0.717) is 23.9 Å². The van der Waals surface area contributed by atoms with Crippen molar-refractivity contribution in [2.45, 2.75) is 13.1 Å². The molecule has 1 heterocycles. The van der Waals surface area contributed by atoms with E-state index in [2.05, 4.69) is 15.4 Å². The number of hydrogen-bond acceptors (Lipinski definition) is 3. The first-order valence-electron chi connectivity index (χ1n) is 6.90. The summed E-state index contributed by atoms with van der Waals surface area (Å²) in [4.78, 5) is 14.7. The lowest BCUT2D eigenvalue weighted by molar-refractivity contribution is 0.651. The summed E-state index contributed by atoms with van der Waals surface area (Å²) in [5.41, 5.74) is 1.70. The summed E-state index contributed by atoms with van der Waals surface area (Å²) in [5, 5.41) is 8.13. The van der Waals surface area contributed by atoms with E-state index >= 15 is 0 Å². The lowest BCUT2D eigenvalue weighted by atomic mass is 10.2. The third-order valence-electron chi connectivity index (χ3n) is 3.19. The molecule has 3 rings (SSSR count). The molecule has 0 spiro atoms. The minimum atomic E-state index is -0.216. The molecule has 0 radical (unpaired) electrons. The van der Waals surface area contributed by atoms with Gasteiger partial charge in [-0.3, -0.25) is 4.98 Å². The van der Waals surface area contributed by atoms with Crippen LogP contribution in [0.2, 0.25) is 5.02 Å². The second-order valence-corrected chi connectivity index (χ2v) is 5.32. The standard InChI is InChI=1S/C16H15ClN4O/c17-13-7-4-8-14(9-13)18-10-15-19-16(22)21(20-15)11-12-5-2-1-3-6-12/h1-9,18H,10-11H2,(H,19,20,22). The molecule has 0 fully saturated rings. The van der Waals surface area contributed by atoms with Crippen LogP contribution in [0.3, 0.4) is 0 Å². The summed E-state index contributed by atoms with van der Waals surface area (Å²) in [6.45, 7) is 0.880. The number of H-pyrrole nitrogens is 1. The molecular weight excluding hydrogens is 300 g/mol. The fraction of sp³-hybridized carbons (Fsp3) is 0.125. The smallest absolute Gasteiger partial charge is 0.343 e. The summed E-state index contributed by atoms with van der Waals surface area (Å²) >= 11 is 5.93. The molecule has 0 saturated carbocycles. The highest BCUT2D eigenvalue weighted by Gasteiger charge is 2.05. The molecule has 2 N–H and O–H groups in total. The number of rotatable bonds is 5. The van der Waals surface area contributed by atoms with Crippen molar-refractivity contribution in [2.75, 3.05) is 5.32 Å². The summed E-state index contributed by atoms with van der Waals surface area (Å²) in [5.74, 6) is 0.584. The summed E-state index contributed by atoms with van der Waals surface area (Å²) in [6, 6.07) is 17.1. The third kappa shape index (κ3) is 3.56. The summed E-state index contributed by atoms with van der Waals surface area (Å²) < 4.78 is 1.42. The van der Waals surface area contributed by atoms with Gasteiger partial charge in [0, 0.05) is 10.7 Å². The Kier molecular flexibility index (Phi) is 4.25. The highest BCUT2D eigenvalue weighted by molar-refractivity contribution is 6.30. The van der Waals surface area contributed by atoms with E-state index in [1.807, 2.05) is 54.6 Å². The van der Waals surface area contributed by atoms with E-state index in [0.717, 1.165) is 11.3 Å². The van der Waals surface area contributed by atoms with Crippen LogP contribution in [0.25, 0.3) is 0 Å². The average molecular weight is 315 g/mol. The van der Waals surface area contributed by atoms with Crippen LogP contribution in [0.4, 0.5) is 5.69 Å². The molecular formula is C16H15ClN4O. The van der Waals surface area contributed by atoms with Gasteiger partial charge in [-0.2, -0.15) is 5.10 Å². The van der Waals surface area contributed by atoms with Crippen molar-refractivity contribution in [2.24, 2.45) is 0 Å². The van der Waals surface area contributed by atoms with Crippen LogP contribution in [0.5, 0.6) is 0 Å². The largest absolute Gasteiger partial charge is 0.378 e. The van der Waals surface area contributed by atoms with Crippen molar-refractivity contribution < 1.29 is 0 Å². The molecule has 0 aliphatic rings. The summed E-state index contributed by atoms with van der Waals surface area (Å²) in [7, 11) is 0. The Morgan fingerprint density at radius 1 is 1.14 bits per heavy atom. The maximum atomic E-state index is 11.9. The lowest BCUT2D eigenvalue weighted by Gasteiger charge is -2.04. The molecule has 0 aliphatic heterocycles. The molecule has 0 amide bonds. The highest BCUT2D eigenvalue weighted by Crippen LogP contribution is 2.15. The lowest BCUT2D eigenvalue weighted by Crippen LogP contribution is -2.18. The first-order valence-corrected chi connectivity index (χ1v) is 7.28. The molecule has 0 atom stereocenters. The van der Waals surface area contributed by atoms with Gasteiger partial charge < -0.3 is 5.32 Å². The minimum Gasteiger partial charge on any atom is -0.378 e. The van der Waals surface area contributed by atoms with Gasteiger partial charge in [-0.05, 0) is 23.8 Å². The van der Waals surface area contributed by atoms with Crippen molar-refractivity contribution in [3.63, 3.8) is 0 Å². The number of nitrogens with zero attached hydrogens (tertiary/aromatic N) is 2. The number of aromatic amines is 1. The first kappa shape index (κ1) is 14.4. The quantitative estimate of drug-likeness (QED) is 0.761. The van der Waals surface area contributed by atoms with Crippen LogP contribution in [-0.2, 0) is 13.1 Å². The van der Waals surface area contributed by atoms with Gasteiger partial charge in [0.2, 0.25) is 0 Å². The molecule has 0 saturated heterocycles. The third-order valence-corrected chi connectivity index (χ3v) is 3.42. The van der Waals surface area contributed by atoms with Gasteiger partial charge in [0.1, 0.15) is 5.82 Å². The SMILES string of the molecule is O=c1[nH]c(CNc2cccc(Cl)c2)nn1Cc1ccccc1. The fourth-order valence-corrected chi connectivity index (χ4v) is 2.32. The van der Waals surface area contributed by atoms with Crippen molar-refractivity contribution >= 4 is 17.3 Å². The Balaban J connectivity index is 1.68. The van der Waals surface area contributed by atoms with Gasteiger partial charge in [0.15, 0.2) is 0 Å². The zero-order valence-electron chi connectivity index (χ0n) is 11.8. The van der Waals surface area contributed by atoms with E-state index in [1.54, 1.807) is 0 Å². The van der Waals surface area contributed by atoms with Crippen molar-refractivity contribution in [1.29, 1.82) is 0 Å². The Morgan fingerprint density at radius 3 is 2.73 bits per heavy atom. The van der Waals surface area contributed by atoms with Gasteiger partial charge >= 0.3 is 5.69 Å². The number of nitrogens with one attached hydrogen (secondary N) is 2. The predicted octanol–water partition coefficient (Wildman–Crippen LogP) is 2.89. The maximum Gasteiger partial charge on any atom is 0.343 e. The van der Waals surface area contributed by atoms with E-state index in [1.165, 1.54) is 4.68 Å². The van der Waals surface area contributed by atoms with E-state index in [4.69, 9.17) is 11.6 Å². The highest BCUT2D eigenvalue weighted by atomic mass is 35.5. The minimum absolute atomic E-state index is 0.216. The van der Waals surface area contributed by atoms with Crippen LogP contribution in [-0.4, -0.2) is 14.8 Å². The van der Waals surface area contributed by atoms with Crippen LogP contribution in [0.1, 0.15) is 11.4 Å². The Bertz CT molecular complexity index is 810. The van der Waals surface area contributed by atoms with Crippen molar-refractivity contribution in [3.8, 4) is 0 Å². The van der Waals surface area contributed by atoms with E-state index in [9.17, 15) is 4.79 Å². The number of benzene rings is 2. The molecule has 22 heavy (non-hydrogen) atoms. The van der Waals surface area contributed by atoms with E-state index in [-0.39, 0.29) is 5.69 Å². The van der Waals surface area contributed by atoms with Gasteiger partial charge in [0.05, 0.1) is 13.1 Å². The summed E-state index contributed by atoms with van der Waals surface area (Å²) in [6.07, 6.45) is 0. The van der Waals surface area contributed by atoms with E-state index < -0.39 is 0 Å². The molecule has 3 aromatic rings. The van der Waals surface area contributed by atoms with Crippen LogP contribution in [0, 0.1) is 0 Å². The second kappa shape index (κ2) is 6.49. The van der Waals surface area contributed by atoms with Crippen LogP contribution >= 0.6 is 11.6 Å². The Hall–Kier alpha value is -2.53. The predicted molar refractivity (Wildman–Crippen MR) is 87.2 cm³/mol. The monoisotopic (exact) mass is 314 g/mol. The topological polar surface area (TPSA) is 62.7 Å². The van der Waals surface area contributed by atoms with Crippen LogP contribution in [0.15, 0.2) is 59.4 Å². The molecule has 6 heteroatoms.